The number of benzene rings is 1. The first-order valence-electron chi connectivity index (χ1n) is 9.06. The lowest BCUT2D eigenvalue weighted by atomic mass is 10.1. The Bertz CT molecular complexity index is 1020. The molecule has 1 atom stereocenters. The highest BCUT2D eigenvalue weighted by Gasteiger charge is 2.23. The first kappa shape index (κ1) is 18.9. The number of thiophene rings is 1. The number of carboxylic acids is 1. The van der Waals surface area contributed by atoms with Crippen LogP contribution in [0, 0.1) is 0 Å². The van der Waals surface area contributed by atoms with Crippen molar-refractivity contribution in [1.82, 2.24) is 15.3 Å². The largest absolute Gasteiger partial charge is 0.480 e. The zero-order valence-electron chi connectivity index (χ0n) is 15.1. The molecule has 1 unspecified atom stereocenters. The number of hydrogen-bond donors (Lipinski definition) is 2. The molecule has 2 N–H and O–H groups in total. The lowest BCUT2D eigenvalue weighted by Gasteiger charge is -2.14. The van der Waals surface area contributed by atoms with Gasteiger partial charge in [0.25, 0.3) is 0 Å². The van der Waals surface area contributed by atoms with Crippen LogP contribution in [0.4, 0.5) is 0 Å². The second-order valence-electron chi connectivity index (χ2n) is 6.65. The number of aliphatic carboxylic acids is 1. The number of nitrogens with zero attached hydrogens (tertiary/aromatic N) is 2. The average molecular weight is 414 g/mol. The van der Waals surface area contributed by atoms with Crippen LogP contribution in [-0.4, -0.2) is 38.7 Å². The van der Waals surface area contributed by atoms with Gasteiger partial charge >= 0.3 is 5.97 Å². The molecule has 1 aliphatic rings. The molecule has 0 aliphatic heterocycles. The van der Waals surface area contributed by atoms with Crippen molar-refractivity contribution in [1.29, 1.82) is 0 Å². The standard InChI is InChI=1S/C20H19N3O3S2/c24-16(23-14(20(25)26)9-12-5-2-1-3-6-12)10-27-18-17-13-7-4-8-15(13)28-19(17)22-11-21-18/h1-3,5-6,11,14H,4,7-10H2,(H,23,24)(H,25,26). The van der Waals surface area contributed by atoms with E-state index in [1.807, 2.05) is 30.3 Å². The van der Waals surface area contributed by atoms with Crippen molar-refractivity contribution < 1.29 is 14.7 Å². The number of thioether (sulfide) groups is 1. The van der Waals surface area contributed by atoms with Gasteiger partial charge in [0, 0.05) is 16.7 Å². The van der Waals surface area contributed by atoms with Crippen LogP contribution in [0.1, 0.15) is 22.4 Å². The van der Waals surface area contributed by atoms with E-state index in [2.05, 4.69) is 15.3 Å². The van der Waals surface area contributed by atoms with Crippen LogP contribution in [0.5, 0.6) is 0 Å². The Balaban J connectivity index is 1.43. The third-order valence-electron chi connectivity index (χ3n) is 4.72. The molecule has 1 aromatic carbocycles. The summed E-state index contributed by atoms with van der Waals surface area (Å²) in [6.07, 6.45) is 5.05. The van der Waals surface area contributed by atoms with Crippen molar-refractivity contribution in [3.63, 3.8) is 0 Å². The number of carbonyl (C=O) groups is 2. The average Bonchev–Trinajstić information content (AvgIpc) is 3.27. The molecule has 1 amide bonds. The lowest BCUT2D eigenvalue weighted by molar-refractivity contribution is -0.141. The van der Waals surface area contributed by atoms with Crippen molar-refractivity contribution in [2.45, 2.75) is 36.8 Å². The number of fused-ring (bicyclic) bond motifs is 3. The molecular formula is C20H19N3O3S2. The Morgan fingerprint density at radius 2 is 2.04 bits per heavy atom. The van der Waals surface area contributed by atoms with Crippen molar-refractivity contribution in [2.75, 3.05) is 5.75 Å². The molecule has 3 aromatic rings. The summed E-state index contributed by atoms with van der Waals surface area (Å²) in [5.74, 6) is -1.23. The maximum absolute atomic E-state index is 12.4. The maximum Gasteiger partial charge on any atom is 0.326 e. The Morgan fingerprint density at radius 1 is 1.21 bits per heavy atom. The number of carboxylic acid groups (broad SMARTS) is 1. The van der Waals surface area contributed by atoms with Crippen LogP contribution < -0.4 is 5.32 Å². The Hall–Kier alpha value is -2.45. The minimum Gasteiger partial charge on any atom is -0.480 e. The Morgan fingerprint density at radius 3 is 2.82 bits per heavy atom. The van der Waals surface area contributed by atoms with E-state index >= 15 is 0 Å². The minimum atomic E-state index is -1.04. The zero-order chi connectivity index (χ0) is 19.5. The van der Waals surface area contributed by atoms with Gasteiger partial charge in [0.1, 0.15) is 22.2 Å². The third kappa shape index (κ3) is 4.02. The predicted molar refractivity (Wildman–Crippen MR) is 110 cm³/mol. The van der Waals surface area contributed by atoms with Crippen molar-refractivity contribution >= 4 is 45.2 Å². The molecule has 4 rings (SSSR count). The van der Waals surface area contributed by atoms with Gasteiger partial charge in [0.15, 0.2) is 0 Å². The SMILES string of the molecule is O=C(CSc1ncnc2sc3c(c12)CCC3)NC(Cc1ccccc1)C(=O)O. The van der Waals surface area contributed by atoms with Crippen molar-refractivity contribution in [2.24, 2.45) is 0 Å². The number of carbonyl (C=O) groups excluding carboxylic acids is 1. The van der Waals surface area contributed by atoms with E-state index in [4.69, 9.17) is 0 Å². The summed E-state index contributed by atoms with van der Waals surface area (Å²) >= 11 is 3.05. The van der Waals surface area contributed by atoms with Crippen LogP contribution in [0.15, 0.2) is 41.7 Å². The first-order chi connectivity index (χ1) is 13.6. The summed E-state index contributed by atoms with van der Waals surface area (Å²) in [6, 6.07) is 8.33. The molecule has 8 heteroatoms. The fourth-order valence-electron chi connectivity index (χ4n) is 3.43. The number of aryl methyl sites for hydroxylation is 2. The van der Waals surface area contributed by atoms with Crippen LogP contribution >= 0.6 is 23.1 Å². The van der Waals surface area contributed by atoms with Crippen molar-refractivity contribution in [3.05, 3.63) is 52.7 Å². The highest BCUT2D eigenvalue weighted by molar-refractivity contribution is 8.00. The van der Waals surface area contributed by atoms with Gasteiger partial charge in [0.2, 0.25) is 5.91 Å². The highest BCUT2D eigenvalue weighted by atomic mass is 32.2. The van der Waals surface area contributed by atoms with Gasteiger partial charge in [-0.25, -0.2) is 14.8 Å². The second kappa shape index (κ2) is 8.28. The number of amides is 1. The molecule has 0 spiro atoms. The van der Waals surface area contributed by atoms with Gasteiger partial charge in [-0.05, 0) is 30.4 Å². The quantitative estimate of drug-likeness (QED) is 0.457. The summed E-state index contributed by atoms with van der Waals surface area (Å²) in [4.78, 5) is 35.0. The number of hydrogen-bond acceptors (Lipinski definition) is 6. The summed E-state index contributed by atoms with van der Waals surface area (Å²) < 4.78 is 0. The van der Waals surface area contributed by atoms with Crippen LogP contribution in [0.2, 0.25) is 0 Å². The highest BCUT2D eigenvalue weighted by Crippen LogP contribution is 2.39. The summed E-state index contributed by atoms with van der Waals surface area (Å²) in [7, 11) is 0. The van der Waals surface area contributed by atoms with Gasteiger partial charge in [-0.3, -0.25) is 4.79 Å². The van der Waals surface area contributed by atoms with E-state index in [9.17, 15) is 14.7 Å². The zero-order valence-corrected chi connectivity index (χ0v) is 16.7. The first-order valence-corrected chi connectivity index (χ1v) is 10.9. The van der Waals surface area contributed by atoms with Gasteiger partial charge in [-0.2, -0.15) is 0 Å². The molecule has 0 saturated carbocycles. The van der Waals surface area contributed by atoms with E-state index in [0.717, 1.165) is 40.1 Å². The van der Waals surface area contributed by atoms with Crippen LogP contribution in [-0.2, 0) is 28.9 Å². The molecule has 28 heavy (non-hydrogen) atoms. The fourth-order valence-corrected chi connectivity index (χ4v) is 5.56. The molecule has 6 nitrogen and oxygen atoms in total. The molecular weight excluding hydrogens is 394 g/mol. The van der Waals surface area contributed by atoms with E-state index in [1.165, 1.54) is 28.5 Å². The van der Waals surface area contributed by atoms with Gasteiger partial charge in [0.05, 0.1) is 5.75 Å². The normalized spacial score (nSPS) is 14.0. The monoisotopic (exact) mass is 413 g/mol. The van der Waals surface area contributed by atoms with Gasteiger partial charge in [-0.1, -0.05) is 42.1 Å². The van der Waals surface area contributed by atoms with Crippen LogP contribution in [0.3, 0.4) is 0 Å². The summed E-state index contributed by atoms with van der Waals surface area (Å²) in [5, 5.41) is 13.9. The molecule has 2 heterocycles. The molecule has 144 valence electrons. The maximum atomic E-state index is 12.4. The van der Waals surface area contributed by atoms with Crippen LogP contribution in [0.25, 0.3) is 10.2 Å². The topological polar surface area (TPSA) is 92.2 Å². The lowest BCUT2D eigenvalue weighted by Crippen LogP contribution is -2.43. The fraction of sp³-hybridized carbons (Fsp3) is 0.300. The molecule has 0 fully saturated rings. The number of rotatable bonds is 7. The van der Waals surface area contributed by atoms with E-state index in [1.54, 1.807) is 11.3 Å². The number of aromatic nitrogens is 2. The summed E-state index contributed by atoms with van der Waals surface area (Å²) in [5.41, 5.74) is 2.19. The van der Waals surface area contributed by atoms with Crippen molar-refractivity contribution in [3.8, 4) is 0 Å². The predicted octanol–water partition coefficient (Wildman–Crippen LogP) is 3.08. The smallest absolute Gasteiger partial charge is 0.326 e. The molecule has 0 bridgehead atoms. The Labute approximate surface area is 170 Å². The third-order valence-corrected chi connectivity index (χ3v) is 6.91. The summed E-state index contributed by atoms with van der Waals surface area (Å²) in [6.45, 7) is 0. The molecule has 1 aliphatic carbocycles. The number of nitrogens with one attached hydrogen (secondary N) is 1. The minimum absolute atomic E-state index is 0.120. The Kier molecular flexibility index (Phi) is 5.59. The molecule has 0 saturated heterocycles. The van der Waals surface area contributed by atoms with E-state index < -0.39 is 12.0 Å². The van der Waals surface area contributed by atoms with Gasteiger partial charge < -0.3 is 10.4 Å². The van der Waals surface area contributed by atoms with E-state index in [0.29, 0.717) is 0 Å². The van der Waals surface area contributed by atoms with E-state index in [-0.39, 0.29) is 18.1 Å². The molecule has 2 aromatic heterocycles. The molecule has 0 radical (unpaired) electrons. The second-order valence-corrected chi connectivity index (χ2v) is 8.70. The van der Waals surface area contributed by atoms with Gasteiger partial charge in [-0.15, -0.1) is 11.3 Å².